The van der Waals surface area contributed by atoms with Crippen LogP contribution in [0, 0.1) is 0 Å². The smallest absolute Gasteiger partial charge is 0.326 e. The first-order valence-electron chi connectivity index (χ1n) is 10.0. The number of rotatable bonds is 13. The standard InChI is InChI=1S/C20H29N5O8/c1-10(26)17(22)19(31)25-14(8-11-2-4-12(27)5-3-11)18(30)23-9-16(29)24-13(20(32)33)6-7-15(21)28/h2-5,10,13-14,17,26-27H,6-9,22H2,1H3,(H2,21,28)(H,23,30)(H,24,29)(H,25,31)(H,32,33). The summed E-state index contributed by atoms with van der Waals surface area (Å²) in [6.45, 7) is 0.699. The summed E-state index contributed by atoms with van der Waals surface area (Å²) >= 11 is 0. The van der Waals surface area contributed by atoms with Crippen LogP contribution in [0.2, 0.25) is 0 Å². The molecule has 0 saturated heterocycles. The van der Waals surface area contributed by atoms with Crippen molar-refractivity contribution in [2.75, 3.05) is 6.54 Å². The lowest BCUT2D eigenvalue weighted by atomic mass is 10.0. The van der Waals surface area contributed by atoms with Gasteiger partial charge in [0.15, 0.2) is 0 Å². The number of hydrogen-bond donors (Lipinski definition) is 8. The summed E-state index contributed by atoms with van der Waals surface area (Å²) < 4.78 is 0. The first-order valence-corrected chi connectivity index (χ1v) is 10.0. The lowest BCUT2D eigenvalue weighted by Crippen LogP contribution is -2.56. The molecule has 0 saturated carbocycles. The van der Waals surface area contributed by atoms with Crippen LogP contribution in [-0.4, -0.2) is 75.7 Å². The molecule has 0 spiro atoms. The average Bonchev–Trinajstić information content (AvgIpc) is 2.74. The number of aliphatic carboxylic acids is 1. The van der Waals surface area contributed by atoms with E-state index in [1.54, 1.807) is 0 Å². The average molecular weight is 467 g/mol. The molecule has 0 radical (unpaired) electrons. The van der Waals surface area contributed by atoms with Crippen molar-refractivity contribution in [2.24, 2.45) is 11.5 Å². The highest BCUT2D eigenvalue weighted by molar-refractivity contribution is 5.93. The van der Waals surface area contributed by atoms with Gasteiger partial charge in [0.1, 0.15) is 23.9 Å². The number of nitrogens with one attached hydrogen (secondary N) is 3. The zero-order valence-corrected chi connectivity index (χ0v) is 18.0. The highest BCUT2D eigenvalue weighted by Crippen LogP contribution is 2.11. The molecule has 4 amide bonds. The summed E-state index contributed by atoms with van der Waals surface area (Å²) in [4.78, 5) is 59.0. The lowest BCUT2D eigenvalue weighted by Gasteiger charge is -2.22. The Morgan fingerprint density at radius 2 is 1.61 bits per heavy atom. The van der Waals surface area contributed by atoms with Crippen molar-refractivity contribution in [2.45, 2.75) is 50.4 Å². The number of benzene rings is 1. The van der Waals surface area contributed by atoms with Crippen LogP contribution in [0.3, 0.4) is 0 Å². The van der Waals surface area contributed by atoms with E-state index >= 15 is 0 Å². The molecule has 4 atom stereocenters. The van der Waals surface area contributed by atoms with Gasteiger partial charge in [0.2, 0.25) is 23.6 Å². The minimum absolute atomic E-state index is 0.000839. The number of carbonyl (C=O) groups is 5. The topological polar surface area (TPSA) is 234 Å². The normalized spacial score (nSPS) is 14.3. The predicted molar refractivity (Wildman–Crippen MR) is 114 cm³/mol. The maximum absolute atomic E-state index is 12.6. The number of aliphatic hydroxyl groups is 1. The Kier molecular flexibility index (Phi) is 10.7. The van der Waals surface area contributed by atoms with Gasteiger partial charge < -0.3 is 42.7 Å². The van der Waals surface area contributed by atoms with Crippen LogP contribution in [0.5, 0.6) is 5.75 Å². The third-order valence-corrected chi connectivity index (χ3v) is 4.57. The van der Waals surface area contributed by atoms with E-state index in [0.717, 1.165) is 0 Å². The molecule has 33 heavy (non-hydrogen) atoms. The fraction of sp³-hybridized carbons (Fsp3) is 0.450. The van der Waals surface area contributed by atoms with Gasteiger partial charge in [-0.25, -0.2) is 4.79 Å². The van der Waals surface area contributed by atoms with Crippen molar-refractivity contribution in [3.8, 4) is 5.75 Å². The van der Waals surface area contributed by atoms with Gasteiger partial charge in [-0.05, 0) is 31.0 Å². The number of aliphatic hydroxyl groups excluding tert-OH is 1. The lowest BCUT2D eigenvalue weighted by molar-refractivity contribution is -0.142. The van der Waals surface area contributed by atoms with Gasteiger partial charge in [-0.15, -0.1) is 0 Å². The molecule has 0 bridgehead atoms. The van der Waals surface area contributed by atoms with E-state index in [0.29, 0.717) is 5.56 Å². The molecule has 182 valence electrons. The molecule has 0 fully saturated rings. The van der Waals surface area contributed by atoms with Crippen LogP contribution in [0.1, 0.15) is 25.3 Å². The second kappa shape index (κ2) is 13.0. The van der Waals surface area contributed by atoms with Crippen LogP contribution >= 0.6 is 0 Å². The Morgan fingerprint density at radius 1 is 1.00 bits per heavy atom. The maximum atomic E-state index is 12.6. The zero-order valence-electron chi connectivity index (χ0n) is 18.0. The minimum atomic E-state index is -1.38. The van der Waals surface area contributed by atoms with E-state index in [1.165, 1.54) is 31.2 Å². The Labute approximate surface area is 189 Å². The Balaban J connectivity index is 2.81. The molecular formula is C20H29N5O8. The molecule has 0 aliphatic rings. The van der Waals surface area contributed by atoms with E-state index in [1.807, 2.05) is 0 Å². The molecule has 1 aromatic rings. The van der Waals surface area contributed by atoms with E-state index in [4.69, 9.17) is 16.6 Å². The third kappa shape index (κ3) is 9.97. The van der Waals surface area contributed by atoms with Gasteiger partial charge >= 0.3 is 5.97 Å². The second-order valence-corrected chi connectivity index (χ2v) is 7.38. The van der Waals surface area contributed by atoms with Crippen molar-refractivity contribution in [3.05, 3.63) is 29.8 Å². The molecule has 0 aromatic heterocycles. The second-order valence-electron chi connectivity index (χ2n) is 7.38. The molecular weight excluding hydrogens is 438 g/mol. The van der Waals surface area contributed by atoms with Crippen molar-refractivity contribution in [3.63, 3.8) is 0 Å². The predicted octanol–water partition coefficient (Wildman–Crippen LogP) is -2.92. The monoisotopic (exact) mass is 467 g/mol. The van der Waals surface area contributed by atoms with Crippen LogP contribution in [0.15, 0.2) is 24.3 Å². The van der Waals surface area contributed by atoms with E-state index in [9.17, 15) is 34.2 Å². The Hall–Kier alpha value is -3.71. The molecule has 4 unspecified atom stereocenters. The molecule has 10 N–H and O–H groups in total. The number of aromatic hydroxyl groups is 1. The molecule has 1 rings (SSSR count). The fourth-order valence-corrected chi connectivity index (χ4v) is 2.64. The quantitative estimate of drug-likeness (QED) is 0.148. The van der Waals surface area contributed by atoms with Gasteiger partial charge in [-0.1, -0.05) is 12.1 Å². The minimum Gasteiger partial charge on any atom is -0.508 e. The third-order valence-electron chi connectivity index (χ3n) is 4.57. The summed E-state index contributed by atoms with van der Waals surface area (Å²) in [5.41, 5.74) is 11.1. The molecule has 1 aromatic carbocycles. The number of carbonyl (C=O) groups excluding carboxylic acids is 4. The summed E-state index contributed by atoms with van der Waals surface area (Å²) in [6, 6.07) is 1.96. The van der Waals surface area contributed by atoms with E-state index in [2.05, 4.69) is 16.0 Å². The first-order chi connectivity index (χ1) is 15.4. The molecule has 0 aliphatic carbocycles. The van der Waals surface area contributed by atoms with E-state index in [-0.39, 0.29) is 25.0 Å². The van der Waals surface area contributed by atoms with Gasteiger partial charge in [0.25, 0.3) is 0 Å². The van der Waals surface area contributed by atoms with Crippen molar-refractivity contribution < 1.29 is 39.3 Å². The number of carboxylic acid groups (broad SMARTS) is 1. The molecule has 0 heterocycles. The maximum Gasteiger partial charge on any atom is 0.326 e. The van der Waals surface area contributed by atoms with Gasteiger partial charge in [-0.3, -0.25) is 19.2 Å². The summed E-state index contributed by atoms with van der Waals surface area (Å²) in [6.07, 6.45) is -1.68. The number of hydrogen-bond acceptors (Lipinski definition) is 8. The van der Waals surface area contributed by atoms with Crippen LogP contribution in [0.25, 0.3) is 0 Å². The van der Waals surface area contributed by atoms with Crippen LogP contribution in [-0.2, 0) is 30.4 Å². The molecule has 0 aliphatic heterocycles. The number of nitrogens with two attached hydrogens (primary N) is 2. The SMILES string of the molecule is CC(O)C(N)C(=O)NC(Cc1ccc(O)cc1)C(=O)NCC(=O)NC(CCC(N)=O)C(=O)O. The zero-order chi connectivity index (χ0) is 25.1. The first kappa shape index (κ1) is 27.3. The number of primary amides is 1. The number of amides is 4. The number of phenolic OH excluding ortho intramolecular Hbond substituents is 1. The Morgan fingerprint density at radius 3 is 2.12 bits per heavy atom. The Bertz CT molecular complexity index is 859. The van der Waals surface area contributed by atoms with Crippen molar-refractivity contribution in [1.82, 2.24) is 16.0 Å². The number of phenols is 1. The highest BCUT2D eigenvalue weighted by atomic mass is 16.4. The van der Waals surface area contributed by atoms with Gasteiger partial charge in [0, 0.05) is 12.8 Å². The summed E-state index contributed by atoms with van der Waals surface area (Å²) in [5.74, 6) is -4.51. The molecule has 13 heteroatoms. The van der Waals surface area contributed by atoms with Gasteiger partial charge in [-0.2, -0.15) is 0 Å². The summed E-state index contributed by atoms with van der Waals surface area (Å²) in [5, 5.41) is 34.9. The fourth-order valence-electron chi connectivity index (χ4n) is 2.64. The largest absolute Gasteiger partial charge is 0.508 e. The van der Waals surface area contributed by atoms with E-state index < -0.39 is 60.4 Å². The summed E-state index contributed by atoms with van der Waals surface area (Å²) in [7, 11) is 0. The van der Waals surface area contributed by atoms with Crippen LogP contribution < -0.4 is 27.4 Å². The molecule has 13 nitrogen and oxygen atoms in total. The van der Waals surface area contributed by atoms with Crippen LogP contribution in [0.4, 0.5) is 0 Å². The number of carboxylic acids is 1. The highest BCUT2D eigenvalue weighted by Gasteiger charge is 2.27. The van der Waals surface area contributed by atoms with Crippen molar-refractivity contribution >= 4 is 29.6 Å². The van der Waals surface area contributed by atoms with Gasteiger partial charge in [0.05, 0.1) is 12.6 Å². The van der Waals surface area contributed by atoms with Crippen molar-refractivity contribution in [1.29, 1.82) is 0 Å².